The lowest BCUT2D eigenvalue weighted by atomic mass is 9.97. The van der Waals surface area contributed by atoms with Gasteiger partial charge in [-0.15, -0.1) is 11.3 Å². The third-order valence-electron chi connectivity index (χ3n) is 5.61. The molecule has 176 valence electrons. The molecule has 0 bridgehead atoms. The lowest BCUT2D eigenvalue weighted by Crippen LogP contribution is -2.39. The first-order valence-corrected chi connectivity index (χ1v) is 12.8. The molecule has 8 heteroatoms. The average molecular weight is 503 g/mol. The molecule has 1 aliphatic heterocycles. The molecule has 1 aliphatic rings. The Morgan fingerprint density at radius 2 is 1.86 bits per heavy atom. The number of methoxy groups -OCH3 is 1. The fourth-order valence-corrected chi connectivity index (χ4v) is 5.90. The fourth-order valence-electron chi connectivity index (χ4n) is 4.08. The fraction of sp³-hybridized carbons (Fsp3) is 0.148. The van der Waals surface area contributed by atoms with Crippen molar-refractivity contribution in [1.29, 1.82) is 0 Å². The molecule has 5 rings (SSSR count). The number of nitrogens with zero attached hydrogens (tertiary/aromatic N) is 2. The lowest BCUT2D eigenvalue weighted by Gasteiger charge is -2.24. The van der Waals surface area contributed by atoms with Gasteiger partial charge in [-0.1, -0.05) is 65.9 Å². The first-order valence-electron chi connectivity index (χ1n) is 11.1. The van der Waals surface area contributed by atoms with Crippen LogP contribution in [0.3, 0.4) is 0 Å². The van der Waals surface area contributed by atoms with Gasteiger partial charge in [0.15, 0.2) is 4.80 Å². The first-order chi connectivity index (χ1) is 17.1. The molecule has 0 saturated heterocycles. The number of para-hydroxylation sites is 1. The quantitative estimate of drug-likeness (QED) is 0.374. The Kier molecular flexibility index (Phi) is 6.48. The summed E-state index contributed by atoms with van der Waals surface area (Å²) in [5.41, 5.74) is 2.25. The van der Waals surface area contributed by atoms with Crippen LogP contribution < -0.4 is 19.6 Å². The third-order valence-corrected chi connectivity index (χ3v) is 7.52. The van der Waals surface area contributed by atoms with Crippen molar-refractivity contribution in [3.8, 4) is 5.75 Å². The van der Waals surface area contributed by atoms with E-state index in [-0.39, 0.29) is 12.2 Å². The number of carbonyl (C=O) groups is 1. The molecular formula is C27H22N2O4S2. The normalized spacial score (nSPS) is 15.5. The summed E-state index contributed by atoms with van der Waals surface area (Å²) in [6.45, 7) is 1.99. The number of thiazole rings is 1. The minimum atomic E-state index is -0.639. The summed E-state index contributed by atoms with van der Waals surface area (Å²) in [5.74, 6) is 0.192. The Morgan fingerprint density at radius 3 is 2.57 bits per heavy atom. The van der Waals surface area contributed by atoms with E-state index < -0.39 is 12.0 Å². The Morgan fingerprint density at radius 1 is 1.09 bits per heavy atom. The highest BCUT2D eigenvalue weighted by Gasteiger charge is 2.35. The minimum Gasteiger partial charge on any atom is -0.496 e. The van der Waals surface area contributed by atoms with Crippen molar-refractivity contribution < 1.29 is 14.3 Å². The van der Waals surface area contributed by atoms with Gasteiger partial charge in [0.25, 0.3) is 5.56 Å². The van der Waals surface area contributed by atoms with Crippen molar-refractivity contribution in [2.24, 2.45) is 4.99 Å². The van der Waals surface area contributed by atoms with E-state index >= 15 is 0 Å². The van der Waals surface area contributed by atoms with E-state index in [2.05, 4.69) is 0 Å². The van der Waals surface area contributed by atoms with Crippen LogP contribution in [0.5, 0.6) is 5.75 Å². The van der Waals surface area contributed by atoms with Gasteiger partial charge >= 0.3 is 5.97 Å². The molecule has 0 saturated carbocycles. The summed E-state index contributed by atoms with van der Waals surface area (Å²) < 4.78 is 13.0. The van der Waals surface area contributed by atoms with Gasteiger partial charge in [0.1, 0.15) is 11.8 Å². The van der Waals surface area contributed by atoms with Gasteiger partial charge in [-0.3, -0.25) is 9.36 Å². The van der Waals surface area contributed by atoms with E-state index in [9.17, 15) is 9.59 Å². The van der Waals surface area contributed by atoms with Crippen molar-refractivity contribution >= 4 is 40.4 Å². The minimum absolute atomic E-state index is 0.216. The van der Waals surface area contributed by atoms with Gasteiger partial charge in [0.2, 0.25) is 0 Å². The zero-order valence-electron chi connectivity index (χ0n) is 19.1. The second-order valence-electron chi connectivity index (χ2n) is 7.69. The van der Waals surface area contributed by atoms with Crippen molar-refractivity contribution in [2.75, 3.05) is 13.7 Å². The van der Waals surface area contributed by atoms with Crippen molar-refractivity contribution in [3.63, 3.8) is 0 Å². The van der Waals surface area contributed by atoms with Gasteiger partial charge in [0.05, 0.1) is 29.5 Å². The number of ether oxygens (including phenoxy) is 2. The number of carbonyl (C=O) groups excluding carboxylic acids is 1. The standard InChI is InChI=1S/C27H22N2O4S2/c1-3-33-26(31)22-23(17-10-5-4-6-11-17)28-27-29(24(22)20-14-9-15-34-20)25(30)21(35-27)16-18-12-7-8-13-19(18)32-2/h4-16,24H,3H2,1-2H3/b21-16-. The van der Waals surface area contributed by atoms with E-state index in [4.69, 9.17) is 14.5 Å². The van der Waals surface area contributed by atoms with Crippen LogP contribution in [0.4, 0.5) is 0 Å². The number of fused-ring (bicyclic) bond motifs is 1. The van der Waals surface area contributed by atoms with Crippen LogP contribution in [0.25, 0.3) is 11.8 Å². The van der Waals surface area contributed by atoms with Crippen LogP contribution >= 0.6 is 22.7 Å². The van der Waals surface area contributed by atoms with Crippen molar-refractivity contribution in [1.82, 2.24) is 4.57 Å². The Balaban J connectivity index is 1.82. The Labute approximate surface area is 209 Å². The zero-order valence-corrected chi connectivity index (χ0v) is 20.8. The summed E-state index contributed by atoms with van der Waals surface area (Å²) in [6, 6.07) is 20.3. The molecule has 2 aromatic carbocycles. The number of esters is 1. The van der Waals surface area contributed by atoms with Gasteiger partial charge in [-0.25, -0.2) is 9.79 Å². The van der Waals surface area contributed by atoms with Crippen LogP contribution in [0.15, 0.2) is 87.5 Å². The lowest BCUT2D eigenvalue weighted by molar-refractivity contribution is -0.138. The van der Waals surface area contributed by atoms with E-state index in [1.807, 2.05) is 78.2 Å². The van der Waals surface area contributed by atoms with E-state index in [0.29, 0.717) is 26.4 Å². The molecule has 0 fully saturated rings. The zero-order chi connectivity index (χ0) is 24.4. The molecule has 2 aromatic heterocycles. The number of rotatable bonds is 6. The molecule has 3 heterocycles. The van der Waals surface area contributed by atoms with Crippen molar-refractivity contribution in [2.45, 2.75) is 13.0 Å². The van der Waals surface area contributed by atoms with Gasteiger partial charge in [-0.05, 0) is 30.5 Å². The highest BCUT2D eigenvalue weighted by Crippen LogP contribution is 2.36. The van der Waals surface area contributed by atoms with Crippen LogP contribution in [0.1, 0.15) is 29.0 Å². The number of hydrogen-bond acceptors (Lipinski definition) is 7. The van der Waals surface area contributed by atoms with Gasteiger partial charge in [-0.2, -0.15) is 0 Å². The van der Waals surface area contributed by atoms with Crippen molar-refractivity contribution in [3.05, 3.63) is 113 Å². The molecule has 0 N–H and O–H groups in total. The van der Waals surface area contributed by atoms with Gasteiger partial charge < -0.3 is 9.47 Å². The SMILES string of the molecule is CCOC(=O)C1=C(c2ccccc2)N=c2s/c(=C\c3ccccc3OC)c(=O)n2C1c1cccs1. The van der Waals surface area contributed by atoms with E-state index in [1.54, 1.807) is 18.6 Å². The Hall–Kier alpha value is -3.75. The maximum Gasteiger partial charge on any atom is 0.338 e. The largest absolute Gasteiger partial charge is 0.496 e. The second-order valence-corrected chi connectivity index (χ2v) is 9.68. The van der Waals surface area contributed by atoms with E-state index in [1.165, 1.54) is 22.7 Å². The number of benzene rings is 2. The smallest absolute Gasteiger partial charge is 0.338 e. The first kappa shape index (κ1) is 23.0. The average Bonchev–Trinajstić information content (AvgIpc) is 3.52. The highest BCUT2D eigenvalue weighted by atomic mass is 32.1. The maximum atomic E-state index is 13.8. The summed E-state index contributed by atoms with van der Waals surface area (Å²) in [5, 5.41) is 1.94. The number of thiophene rings is 1. The molecule has 0 spiro atoms. The molecular weight excluding hydrogens is 480 g/mol. The third kappa shape index (κ3) is 4.26. The molecule has 1 atom stereocenters. The van der Waals surface area contributed by atoms with E-state index in [0.717, 1.165) is 16.0 Å². The Bertz CT molecular complexity index is 1580. The van der Waals surface area contributed by atoms with Crippen LogP contribution in [-0.4, -0.2) is 24.3 Å². The summed E-state index contributed by atoms with van der Waals surface area (Å²) in [7, 11) is 1.60. The van der Waals surface area contributed by atoms with Crippen LogP contribution in [-0.2, 0) is 9.53 Å². The molecule has 0 amide bonds. The molecule has 4 aromatic rings. The number of aromatic nitrogens is 1. The van der Waals surface area contributed by atoms with Gasteiger partial charge in [0, 0.05) is 16.0 Å². The second kappa shape index (κ2) is 9.85. The van der Waals surface area contributed by atoms with Crippen LogP contribution in [0, 0.1) is 0 Å². The predicted octanol–water partition coefficient (Wildman–Crippen LogP) is 4.01. The maximum absolute atomic E-state index is 13.8. The molecule has 0 radical (unpaired) electrons. The summed E-state index contributed by atoms with van der Waals surface area (Å²) in [4.78, 5) is 33.3. The monoisotopic (exact) mass is 502 g/mol. The number of hydrogen-bond donors (Lipinski definition) is 0. The molecule has 0 aliphatic carbocycles. The molecule has 1 unspecified atom stereocenters. The molecule has 35 heavy (non-hydrogen) atoms. The topological polar surface area (TPSA) is 69.9 Å². The highest BCUT2D eigenvalue weighted by molar-refractivity contribution is 7.10. The summed E-state index contributed by atoms with van der Waals surface area (Å²) >= 11 is 2.78. The summed E-state index contributed by atoms with van der Waals surface area (Å²) in [6.07, 6.45) is 1.81. The molecule has 6 nitrogen and oxygen atoms in total. The predicted molar refractivity (Wildman–Crippen MR) is 138 cm³/mol. The van der Waals surface area contributed by atoms with Crippen LogP contribution in [0.2, 0.25) is 0 Å².